The van der Waals surface area contributed by atoms with Crippen molar-refractivity contribution >= 4 is 21.4 Å². The van der Waals surface area contributed by atoms with Crippen molar-refractivity contribution in [3.63, 3.8) is 0 Å². The molecule has 0 N–H and O–H groups in total. The molecule has 0 aliphatic carbocycles. The van der Waals surface area contributed by atoms with Gasteiger partial charge in [0.2, 0.25) is 0 Å². The summed E-state index contributed by atoms with van der Waals surface area (Å²) in [4.78, 5) is 8.40. The average Bonchev–Trinajstić information content (AvgIpc) is 3.07. The van der Waals surface area contributed by atoms with E-state index in [-0.39, 0.29) is 17.6 Å². The van der Waals surface area contributed by atoms with Crippen LogP contribution < -0.4 is 0 Å². The summed E-state index contributed by atoms with van der Waals surface area (Å²) in [5, 5.41) is 2.99. The predicted molar refractivity (Wildman–Crippen MR) is 82.8 cm³/mol. The molecule has 2 aromatic heterocycles. The molecule has 0 radical (unpaired) electrons. The molecule has 8 heteroatoms. The molecule has 0 aromatic carbocycles. The molecule has 0 amide bonds. The summed E-state index contributed by atoms with van der Waals surface area (Å²) in [6, 6.07) is 0.178. The van der Waals surface area contributed by atoms with Gasteiger partial charge in [0.25, 0.3) is 10.0 Å². The zero-order chi connectivity index (χ0) is 15.6. The van der Waals surface area contributed by atoms with Crippen molar-refractivity contribution in [1.82, 2.24) is 18.8 Å². The molecular formula is C13H20N4O2S2. The van der Waals surface area contributed by atoms with E-state index in [9.17, 15) is 8.42 Å². The van der Waals surface area contributed by atoms with Gasteiger partial charge in [0.15, 0.2) is 5.03 Å². The van der Waals surface area contributed by atoms with Crippen molar-refractivity contribution < 1.29 is 8.42 Å². The number of sulfonamides is 1. The Bertz CT molecular complexity index is 703. The highest BCUT2D eigenvalue weighted by atomic mass is 32.2. The second kappa shape index (κ2) is 6.25. The third kappa shape index (κ3) is 3.50. The number of imidazole rings is 1. The van der Waals surface area contributed by atoms with E-state index in [1.807, 2.05) is 26.2 Å². The van der Waals surface area contributed by atoms with Crippen molar-refractivity contribution in [1.29, 1.82) is 0 Å². The minimum Gasteiger partial charge on any atom is -0.334 e. The molecule has 0 saturated heterocycles. The average molecular weight is 328 g/mol. The van der Waals surface area contributed by atoms with Gasteiger partial charge in [0, 0.05) is 24.7 Å². The number of hydrogen-bond acceptors (Lipinski definition) is 5. The monoisotopic (exact) mass is 328 g/mol. The minimum absolute atomic E-state index is 0.0737. The van der Waals surface area contributed by atoms with Gasteiger partial charge >= 0.3 is 0 Å². The highest BCUT2D eigenvalue weighted by Crippen LogP contribution is 2.18. The van der Waals surface area contributed by atoms with E-state index in [1.165, 1.54) is 4.31 Å². The van der Waals surface area contributed by atoms with E-state index in [0.29, 0.717) is 0 Å². The molecule has 0 aliphatic heterocycles. The Kier molecular flexibility index (Phi) is 4.80. The maximum Gasteiger partial charge on any atom is 0.262 e. The first-order valence-corrected chi connectivity index (χ1v) is 9.09. The van der Waals surface area contributed by atoms with E-state index in [1.54, 1.807) is 35.5 Å². The number of nitrogens with zero attached hydrogens (tertiary/aromatic N) is 4. The van der Waals surface area contributed by atoms with Crippen molar-refractivity contribution in [2.24, 2.45) is 0 Å². The van der Waals surface area contributed by atoms with Crippen LogP contribution in [-0.2, 0) is 23.0 Å². The molecule has 0 spiro atoms. The normalized spacial score (nSPS) is 12.5. The Hall–Kier alpha value is -1.25. The van der Waals surface area contributed by atoms with Crippen LogP contribution in [0.1, 0.15) is 37.5 Å². The standard InChI is InChI=1S/C13H20N4O2S2/c1-5-12-15-11(8-20-12)6-16(4)21(18,19)13-7-17(9-14-13)10(2)3/h7-10H,5-6H2,1-4H3. The molecule has 2 aromatic rings. The number of hydrogen-bond donors (Lipinski definition) is 0. The minimum atomic E-state index is -3.58. The molecule has 21 heavy (non-hydrogen) atoms. The molecule has 2 rings (SSSR count). The van der Waals surface area contributed by atoms with Gasteiger partial charge in [-0.1, -0.05) is 6.92 Å². The van der Waals surface area contributed by atoms with Gasteiger partial charge in [-0.15, -0.1) is 11.3 Å². The van der Waals surface area contributed by atoms with Gasteiger partial charge in [-0.2, -0.15) is 4.31 Å². The summed E-state index contributed by atoms with van der Waals surface area (Å²) in [6.07, 6.45) is 3.97. The number of aryl methyl sites for hydroxylation is 1. The SMILES string of the molecule is CCc1nc(CN(C)S(=O)(=O)c2cn(C(C)C)cn2)cs1. The largest absolute Gasteiger partial charge is 0.334 e. The maximum atomic E-state index is 12.5. The van der Waals surface area contributed by atoms with E-state index in [0.717, 1.165) is 17.1 Å². The van der Waals surface area contributed by atoms with E-state index in [4.69, 9.17) is 0 Å². The first-order chi connectivity index (χ1) is 9.84. The van der Waals surface area contributed by atoms with Crippen LogP contribution in [0.25, 0.3) is 0 Å². The van der Waals surface area contributed by atoms with E-state index in [2.05, 4.69) is 9.97 Å². The van der Waals surface area contributed by atoms with Crippen LogP contribution in [0, 0.1) is 0 Å². The Labute approximate surface area is 129 Å². The van der Waals surface area contributed by atoms with Crippen LogP contribution in [0.3, 0.4) is 0 Å². The summed E-state index contributed by atoms with van der Waals surface area (Å²) in [5.41, 5.74) is 0.770. The van der Waals surface area contributed by atoms with Crippen molar-refractivity contribution in [3.05, 3.63) is 28.6 Å². The van der Waals surface area contributed by atoms with Gasteiger partial charge in [0.05, 0.1) is 23.6 Å². The Morgan fingerprint density at radius 2 is 2.14 bits per heavy atom. The third-order valence-electron chi connectivity index (χ3n) is 3.14. The molecule has 0 aliphatic rings. The molecular weight excluding hydrogens is 308 g/mol. The topological polar surface area (TPSA) is 68.1 Å². The number of rotatable bonds is 6. The second-order valence-corrected chi connectivity index (χ2v) is 8.03. The number of aromatic nitrogens is 3. The zero-order valence-corrected chi connectivity index (χ0v) is 14.3. The highest BCUT2D eigenvalue weighted by Gasteiger charge is 2.24. The fraction of sp³-hybridized carbons (Fsp3) is 0.538. The van der Waals surface area contributed by atoms with Crippen LogP contribution in [0.15, 0.2) is 22.9 Å². The Morgan fingerprint density at radius 3 is 2.67 bits per heavy atom. The first-order valence-electron chi connectivity index (χ1n) is 6.77. The fourth-order valence-corrected chi connectivity index (χ4v) is 3.58. The summed E-state index contributed by atoms with van der Waals surface area (Å²) in [5.74, 6) is 0. The van der Waals surface area contributed by atoms with Gasteiger partial charge < -0.3 is 4.57 Å². The summed E-state index contributed by atoms with van der Waals surface area (Å²) >= 11 is 1.55. The lowest BCUT2D eigenvalue weighted by Gasteiger charge is -2.14. The molecule has 2 heterocycles. The predicted octanol–water partition coefficient (Wildman–Crippen LogP) is 2.30. The van der Waals surface area contributed by atoms with Gasteiger partial charge in [-0.3, -0.25) is 0 Å². The van der Waals surface area contributed by atoms with Crippen LogP contribution in [0.2, 0.25) is 0 Å². The molecule has 0 unspecified atom stereocenters. The lowest BCUT2D eigenvalue weighted by Crippen LogP contribution is -2.27. The summed E-state index contributed by atoms with van der Waals surface area (Å²) in [7, 11) is -2.03. The van der Waals surface area contributed by atoms with Gasteiger partial charge in [-0.25, -0.2) is 18.4 Å². The van der Waals surface area contributed by atoms with Crippen molar-refractivity contribution in [3.8, 4) is 0 Å². The van der Waals surface area contributed by atoms with Crippen LogP contribution in [0.4, 0.5) is 0 Å². The quantitative estimate of drug-likeness (QED) is 0.816. The molecule has 116 valence electrons. The molecule has 0 atom stereocenters. The second-order valence-electron chi connectivity index (χ2n) is 5.10. The Balaban J connectivity index is 2.17. The maximum absolute atomic E-state index is 12.5. The lowest BCUT2D eigenvalue weighted by atomic mass is 10.4. The smallest absolute Gasteiger partial charge is 0.262 e. The van der Waals surface area contributed by atoms with Crippen molar-refractivity contribution in [2.75, 3.05) is 7.05 Å². The van der Waals surface area contributed by atoms with Crippen molar-refractivity contribution in [2.45, 2.75) is 44.8 Å². The summed E-state index contributed by atoms with van der Waals surface area (Å²) < 4.78 is 28.0. The van der Waals surface area contributed by atoms with Gasteiger partial charge in [0.1, 0.15) is 0 Å². The first kappa shape index (κ1) is 16.1. The van der Waals surface area contributed by atoms with Gasteiger partial charge in [-0.05, 0) is 20.3 Å². The van der Waals surface area contributed by atoms with Crippen LogP contribution in [0.5, 0.6) is 0 Å². The lowest BCUT2D eigenvalue weighted by molar-refractivity contribution is 0.460. The third-order valence-corrected chi connectivity index (χ3v) is 5.87. The molecule has 0 saturated carbocycles. The molecule has 6 nitrogen and oxygen atoms in total. The van der Waals surface area contributed by atoms with Crippen LogP contribution in [-0.4, -0.2) is 34.3 Å². The Morgan fingerprint density at radius 1 is 1.43 bits per heavy atom. The fourth-order valence-electron chi connectivity index (χ4n) is 1.79. The molecule has 0 fully saturated rings. The number of thiazole rings is 1. The summed E-state index contributed by atoms with van der Waals surface area (Å²) in [6.45, 7) is 6.24. The zero-order valence-electron chi connectivity index (χ0n) is 12.6. The van der Waals surface area contributed by atoms with E-state index >= 15 is 0 Å². The molecule has 0 bridgehead atoms. The van der Waals surface area contributed by atoms with E-state index < -0.39 is 10.0 Å². The van der Waals surface area contributed by atoms with Crippen LogP contribution >= 0.6 is 11.3 Å². The highest BCUT2D eigenvalue weighted by molar-refractivity contribution is 7.89.